The lowest BCUT2D eigenvalue weighted by Gasteiger charge is -2.46. The Labute approximate surface area is 175 Å². The second-order valence-electron chi connectivity index (χ2n) is 8.77. The minimum atomic E-state index is -0.297. The van der Waals surface area contributed by atoms with E-state index in [1.54, 1.807) is 18.6 Å². The molecule has 160 valence electrons. The number of hydrogen-bond acceptors (Lipinski definition) is 5. The van der Waals surface area contributed by atoms with E-state index >= 15 is 0 Å². The number of carbonyl (C=O) groups is 1. The molecule has 2 bridgehead atoms. The van der Waals surface area contributed by atoms with Gasteiger partial charge in [-0.05, 0) is 37.3 Å². The van der Waals surface area contributed by atoms with Gasteiger partial charge in [0.25, 0.3) is 11.5 Å². The van der Waals surface area contributed by atoms with E-state index in [0.717, 1.165) is 57.0 Å². The Kier molecular flexibility index (Phi) is 5.43. The maximum atomic E-state index is 13.1. The summed E-state index contributed by atoms with van der Waals surface area (Å²) >= 11 is 0. The van der Waals surface area contributed by atoms with Gasteiger partial charge in [0.1, 0.15) is 5.56 Å². The van der Waals surface area contributed by atoms with E-state index < -0.39 is 0 Å². The van der Waals surface area contributed by atoms with Crippen molar-refractivity contribution < 1.29 is 9.53 Å². The van der Waals surface area contributed by atoms with Crippen LogP contribution in [0.5, 0.6) is 0 Å². The Hall–Kier alpha value is -2.45. The molecule has 0 saturated carbocycles. The van der Waals surface area contributed by atoms with Gasteiger partial charge in [-0.15, -0.1) is 0 Å². The first-order valence-corrected chi connectivity index (χ1v) is 11.0. The second-order valence-corrected chi connectivity index (χ2v) is 8.77. The lowest BCUT2D eigenvalue weighted by atomic mass is 9.82. The van der Waals surface area contributed by atoms with Gasteiger partial charge in [-0.25, -0.2) is 4.98 Å². The van der Waals surface area contributed by atoms with E-state index in [2.05, 4.69) is 20.2 Å². The van der Waals surface area contributed by atoms with Crippen LogP contribution in [-0.4, -0.2) is 64.2 Å². The van der Waals surface area contributed by atoms with Crippen molar-refractivity contribution in [3.63, 3.8) is 0 Å². The number of nitrogens with one attached hydrogen (secondary N) is 2. The molecule has 3 aliphatic rings. The molecule has 8 nitrogen and oxygen atoms in total. The normalized spacial score (nSPS) is 24.4. The largest absolute Gasteiger partial charge is 0.381 e. The number of hydrogen-bond donors (Lipinski definition) is 2. The summed E-state index contributed by atoms with van der Waals surface area (Å²) in [7, 11) is 0. The van der Waals surface area contributed by atoms with Gasteiger partial charge in [0.15, 0.2) is 0 Å². The number of pyridine rings is 1. The van der Waals surface area contributed by atoms with Gasteiger partial charge in [-0.1, -0.05) is 0 Å². The number of piperidine rings is 1. The van der Waals surface area contributed by atoms with Crippen LogP contribution in [0.4, 0.5) is 0 Å². The lowest BCUT2D eigenvalue weighted by Crippen LogP contribution is -2.52. The molecule has 5 rings (SSSR count). The maximum Gasteiger partial charge on any atom is 0.263 e. The standard InChI is InChI=1S/C22H29N5O3/c28-21(24-6-3-17-10-23-14-25-17)19-1-2-20-16-9-15(12-27(20)22(19)29)11-26(13-16)18-4-7-30-8-5-18/h1-2,10,14-16,18H,3-9,11-13H2,(H,23,25)(H,24,28)/t15-,16+/m0/s1. The van der Waals surface area contributed by atoms with E-state index in [0.29, 0.717) is 37.4 Å². The number of rotatable bonds is 5. The molecular weight excluding hydrogens is 382 g/mol. The van der Waals surface area contributed by atoms with Crippen molar-refractivity contribution in [3.8, 4) is 0 Å². The topological polar surface area (TPSA) is 92.2 Å². The number of carbonyl (C=O) groups excluding carboxylic acids is 1. The van der Waals surface area contributed by atoms with Crippen molar-refractivity contribution in [2.24, 2.45) is 5.92 Å². The summed E-state index contributed by atoms with van der Waals surface area (Å²) < 4.78 is 7.39. The van der Waals surface area contributed by atoms with Crippen LogP contribution in [0.3, 0.4) is 0 Å². The average Bonchev–Trinajstić information content (AvgIpc) is 3.28. The van der Waals surface area contributed by atoms with E-state index in [4.69, 9.17) is 4.74 Å². The van der Waals surface area contributed by atoms with Crippen molar-refractivity contribution in [1.82, 2.24) is 24.8 Å². The highest BCUT2D eigenvalue weighted by atomic mass is 16.5. The van der Waals surface area contributed by atoms with Crippen molar-refractivity contribution in [2.45, 2.75) is 44.2 Å². The SMILES string of the molecule is O=C(NCCc1cnc[nH]1)c1ccc2n(c1=O)C[C@H]1C[C@@H]2CN(C2CCOCC2)C1. The molecule has 0 unspecified atom stereocenters. The molecule has 2 fully saturated rings. The zero-order valence-electron chi connectivity index (χ0n) is 17.2. The second kappa shape index (κ2) is 8.35. The summed E-state index contributed by atoms with van der Waals surface area (Å²) in [6.07, 6.45) is 7.35. The van der Waals surface area contributed by atoms with Crippen LogP contribution >= 0.6 is 0 Å². The van der Waals surface area contributed by atoms with Gasteiger partial charge in [0.05, 0.1) is 6.33 Å². The van der Waals surface area contributed by atoms with Crippen molar-refractivity contribution in [2.75, 3.05) is 32.8 Å². The van der Waals surface area contributed by atoms with Gasteiger partial charge in [0.2, 0.25) is 0 Å². The molecule has 0 aliphatic carbocycles. The van der Waals surface area contributed by atoms with Crippen molar-refractivity contribution >= 4 is 5.91 Å². The molecule has 2 N–H and O–H groups in total. The van der Waals surface area contributed by atoms with Gasteiger partial charge < -0.3 is 19.6 Å². The molecule has 0 radical (unpaired) electrons. The Morgan fingerprint density at radius 2 is 2.10 bits per heavy atom. The number of amides is 1. The Morgan fingerprint density at radius 3 is 2.90 bits per heavy atom. The summed E-state index contributed by atoms with van der Waals surface area (Å²) in [5.41, 5.74) is 2.13. The minimum Gasteiger partial charge on any atom is -0.381 e. The highest BCUT2D eigenvalue weighted by Crippen LogP contribution is 2.36. The van der Waals surface area contributed by atoms with Crippen LogP contribution in [0.25, 0.3) is 0 Å². The van der Waals surface area contributed by atoms with Crippen LogP contribution in [0.15, 0.2) is 29.5 Å². The van der Waals surface area contributed by atoms with Crippen LogP contribution < -0.4 is 10.9 Å². The smallest absolute Gasteiger partial charge is 0.263 e. The highest BCUT2D eigenvalue weighted by molar-refractivity contribution is 5.93. The fraction of sp³-hybridized carbons (Fsp3) is 0.591. The number of fused-ring (bicyclic) bond motifs is 4. The number of aromatic nitrogens is 3. The predicted octanol–water partition coefficient (Wildman–Crippen LogP) is 1.14. The molecule has 30 heavy (non-hydrogen) atoms. The first-order chi connectivity index (χ1) is 14.7. The van der Waals surface area contributed by atoms with E-state index in [9.17, 15) is 9.59 Å². The molecule has 8 heteroatoms. The number of imidazole rings is 1. The zero-order chi connectivity index (χ0) is 20.5. The summed E-state index contributed by atoms with van der Waals surface area (Å²) in [5.74, 6) is 0.537. The third-order valence-corrected chi connectivity index (χ3v) is 6.82. The number of likely N-dealkylation sites (tertiary alicyclic amines) is 1. The highest BCUT2D eigenvalue weighted by Gasteiger charge is 2.37. The average molecular weight is 412 g/mol. The van der Waals surface area contributed by atoms with Crippen LogP contribution in [0, 0.1) is 5.92 Å². The quantitative estimate of drug-likeness (QED) is 0.770. The third-order valence-electron chi connectivity index (χ3n) is 6.82. The van der Waals surface area contributed by atoms with Crippen LogP contribution in [0.2, 0.25) is 0 Å². The molecular formula is C22H29N5O3. The van der Waals surface area contributed by atoms with E-state index in [1.807, 2.05) is 10.6 Å². The zero-order valence-corrected chi connectivity index (χ0v) is 17.2. The molecule has 0 aromatic carbocycles. The summed E-state index contributed by atoms with van der Waals surface area (Å²) in [6.45, 7) is 4.91. The molecule has 2 saturated heterocycles. The number of H-pyrrole nitrogens is 1. The van der Waals surface area contributed by atoms with Gasteiger partial charge in [-0.3, -0.25) is 14.5 Å². The molecule has 2 aromatic rings. The molecule has 1 amide bonds. The van der Waals surface area contributed by atoms with Gasteiger partial charge >= 0.3 is 0 Å². The monoisotopic (exact) mass is 411 g/mol. The number of aromatic amines is 1. The molecule has 0 spiro atoms. The fourth-order valence-corrected chi connectivity index (χ4v) is 5.33. The van der Waals surface area contributed by atoms with Crippen LogP contribution in [-0.2, 0) is 17.7 Å². The number of nitrogens with zero attached hydrogens (tertiary/aromatic N) is 3. The molecule has 2 aromatic heterocycles. The number of ether oxygens (including phenoxy) is 1. The molecule has 3 aliphatic heterocycles. The Morgan fingerprint density at radius 1 is 1.23 bits per heavy atom. The van der Waals surface area contributed by atoms with Crippen molar-refractivity contribution in [3.05, 3.63) is 52.0 Å². The molecule has 2 atom stereocenters. The Bertz CT molecular complexity index is 948. The van der Waals surface area contributed by atoms with E-state index in [1.165, 1.54) is 0 Å². The summed E-state index contributed by atoms with van der Waals surface area (Å²) in [5, 5.41) is 2.87. The summed E-state index contributed by atoms with van der Waals surface area (Å²) in [4.78, 5) is 35.3. The van der Waals surface area contributed by atoms with E-state index in [-0.39, 0.29) is 17.0 Å². The van der Waals surface area contributed by atoms with Gasteiger partial charge in [0, 0.05) is 75.4 Å². The third kappa shape index (κ3) is 3.81. The maximum absolute atomic E-state index is 13.1. The minimum absolute atomic E-state index is 0.152. The first-order valence-electron chi connectivity index (χ1n) is 11.0. The summed E-state index contributed by atoms with van der Waals surface area (Å²) in [6, 6.07) is 4.31. The van der Waals surface area contributed by atoms with Crippen molar-refractivity contribution in [1.29, 1.82) is 0 Å². The molecule has 5 heterocycles. The van der Waals surface area contributed by atoms with Crippen LogP contribution in [0.1, 0.15) is 46.9 Å². The predicted molar refractivity (Wildman–Crippen MR) is 112 cm³/mol. The fourth-order valence-electron chi connectivity index (χ4n) is 5.33. The lowest BCUT2D eigenvalue weighted by molar-refractivity contribution is 0.00585. The first kappa shape index (κ1) is 19.5. The van der Waals surface area contributed by atoms with Gasteiger partial charge in [-0.2, -0.15) is 0 Å². The Balaban J connectivity index is 1.29.